The molecule has 1 unspecified atom stereocenters. The summed E-state index contributed by atoms with van der Waals surface area (Å²) >= 11 is 0. The molecule has 0 radical (unpaired) electrons. The molecule has 0 aliphatic heterocycles. The zero-order chi connectivity index (χ0) is 49.3. The Morgan fingerprint density at radius 2 is 0.603 bits per heavy atom. The van der Waals surface area contributed by atoms with E-state index in [1.807, 2.05) is 12.2 Å². The van der Waals surface area contributed by atoms with Gasteiger partial charge in [-0.2, -0.15) is 0 Å². The third-order valence-corrected chi connectivity index (χ3v) is 11.5. The first kappa shape index (κ1) is 64.1. The zero-order valence-corrected chi connectivity index (χ0v) is 44.1. The van der Waals surface area contributed by atoms with Crippen molar-refractivity contribution in [3.05, 3.63) is 109 Å². The number of hydrogen-bond donors (Lipinski definition) is 0. The van der Waals surface area contributed by atoms with E-state index < -0.39 is 6.10 Å². The quantitative estimate of drug-likeness (QED) is 0.0262. The molecule has 0 saturated heterocycles. The number of ether oxygens (including phenoxy) is 3. The normalized spacial score (nSPS) is 12.9. The lowest BCUT2D eigenvalue weighted by Crippen LogP contribution is -2.30. The van der Waals surface area contributed by atoms with Crippen molar-refractivity contribution in [3.8, 4) is 0 Å². The van der Waals surface area contributed by atoms with Gasteiger partial charge in [0.25, 0.3) is 0 Å². The van der Waals surface area contributed by atoms with Crippen LogP contribution in [0.2, 0.25) is 0 Å². The minimum absolute atomic E-state index is 0.112. The van der Waals surface area contributed by atoms with E-state index in [0.29, 0.717) is 19.3 Å². The molecule has 0 amide bonds. The Bertz CT molecular complexity index is 1410. The van der Waals surface area contributed by atoms with Crippen LogP contribution in [-0.2, 0) is 28.6 Å². The molecular formula is C62H102O6. The highest BCUT2D eigenvalue weighted by atomic mass is 16.6. The average molecular weight is 943 g/mol. The first-order chi connectivity index (χ1) is 33.5. The lowest BCUT2D eigenvalue weighted by Gasteiger charge is -2.18. The summed E-state index contributed by atoms with van der Waals surface area (Å²) in [6.07, 6.45) is 75.1. The molecule has 0 rings (SSSR count). The maximum atomic E-state index is 12.8. The second-order valence-corrected chi connectivity index (χ2v) is 18.1. The predicted octanol–water partition coefficient (Wildman–Crippen LogP) is 18.7. The summed E-state index contributed by atoms with van der Waals surface area (Å²) in [5, 5.41) is 0. The number of hydrogen-bond acceptors (Lipinski definition) is 6. The highest BCUT2D eigenvalue weighted by molar-refractivity contribution is 5.71. The van der Waals surface area contributed by atoms with Crippen LogP contribution in [0.3, 0.4) is 0 Å². The summed E-state index contributed by atoms with van der Waals surface area (Å²) in [5.41, 5.74) is 0. The Balaban J connectivity index is 4.49. The minimum Gasteiger partial charge on any atom is -0.462 e. The van der Waals surface area contributed by atoms with Gasteiger partial charge in [0.1, 0.15) is 13.2 Å². The van der Waals surface area contributed by atoms with Crippen LogP contribution in [0.25, 0.3) is 0 Å². The van der Waals surface area contributed by atoms with Gasteiger partial charge in [-0.25, -0.2) is 0 Å². The molecule has 0 N–H and O–H groups in total. The second-order valence-electron chi connectivity index (χ2n) is 18.1. The molecule has 6 heteroatoms. The summed E-state index contributed by atoms with van der Waals surface area (Å²) in [6.45, 7) is 6.39. The molecule has 68 heavy (non-hydrogen) atoms. The van der Waals surface area contributed by atoms with Gasteiger partial charge in [-0.1, -0.05) is 220 Å². The van der Waals surface area contributed by atoms with E-state index in [0.717, 1.165) is 103 Å². The van der Waals surface area contributed by atoms with E-state index in [9.17, 15) is 14.4 Å². The Morgan fingerprint density at radius 3 is 1.01 bits per heavy atom. The number of esters is 3. The van der Waals surface area contributed by atoms with Crippen molar-refractivity contribution in [2.75, 3.05) is 13.2 Å². The fourth-order valence-corrected chi connectivity index (χ4v) is 7.32. The van der Waals surface area contributed by atoms with Crippen molar-refractivity contribution in [1.82, 2.24) is 0 Å². The van der Waals surface area contributed by atoms with E-state index >= 15 is 0 Å². The molecule has 0 heterocycles. The van der Waals surface area contributed by atoms with Crippen LogP contribution in [-0.4, -0.2) is 37.2 Å². The van der Waals surface area contributed by atoms with Crippen molar-refractivity contribution in [2.24, 2.45) is 0 Å². The zero-order valence-electron chi connectivity index (χ0n) is 44.1. The predicted molar refractivity (Wildman–Crippen MR) is 293 cm³/mol. The van der Waals surface area contributed by atoms with Gasteiger partial charge in [0.15, 0.2) is 6.10 Å². The molecule has 0 aromatic heterocycles. The standard InChI is InChI=1S/C62H102O6/c1-4-7-10-13-16-19-22-25-27-29-31-33-34-37-40-43-46-49-52-55-61(64)67-58-59(57-66-60(63)54-51-48-45-42-39-36-24-21-18-15-12-9-6-3)68-62(65)56-53-50-47-44-41-38-35-32-30-28-26-23-20-17-14-11-8-5-2/h9,12,16,18-21,23,25,27-28,30-31,33,36,39,45,48,59H,4-8,10-11,13-15,17,22,24,26,29,32,34-35,37-38,40-44,46-47,49-58H2,1-3H3/b12-9-,19-16-,21-18-,23-20-,27-25-,30-28-,33-31-,39-36-,48-45-. The molecule has 0 aromatic carbocycles. The largest absolute Gasteiger partial charge is 0.462 e. The fourth-order valence-electron chi connectivity index (χ4n) is 7.32. The van der Waals surface area contributed by atoms with Crippen LogP contribution >= 0.6 is 0 Å². The van der Waals surface area contributed by atoms with Crippen LogP contribution in [0, 0.1) is 0 Å². The molecule has 0 aromatic rings. The van der Waals surface area contributed by atoms with Crippen molar-refractivity contribution < 1.29 is 28.6 Å². The van der Waals surface area contributed by atoms with Gasteiger partial charge in [0, 0.05) is 19.3 Å². The Labute approximate surface area is 419 Å². The van der Waals surface area contributed by atoms with E-state index in [1.54, 1.807) is 0 Å². The van der Waals surface area contributed by atoms with Crippen LogP contribution in [0.15, 0.2) is 109 Å². The number of rotatable bonds is 49. The van der Waals surface area contributed by atoms with Crippen LogP contribution in [0.1, 0.15) is 245 Å². The number of carbonyl (C=O) groups is 3. The first-order valence-corrected chi connectivity index (χ1v) is 27.9. The van der Waals surface area contributed by atoms with Gasteiger partial charge in [0.2, 0.25) is 0 Å². The van der Waals surface area contributed by atoms with E-state index in [1.165, 1.54) is 96.3 Å². The molecule has 0 spiro atoms. The monoisotopic (exact) mass is 943 g/mol. The van der Waals surface area contributed by atoms with Crippen LogP contribution in [0.4, 0.5) is 0 Å². The lowest BCUT2D eigenvalue weighted by molar-refractivity contribution is -0.166. The molecule has 0 fully saturated rings. The summed E-state index contributed by atoms with van der Waals surface area (Å²) in [5.74, 6) is -1.02. The highest BCUT2D eigenvalue weighted by Crippen LogP contribution is 2.13. The SMILES string of the molecule is CC/C=C\C/C=C\C/C=C\C/C=C\CCC(=O)OCC(COC(=O)CCCCCCCC/C=C\C/C=C\C/C=C\CCCCC)OC(=O)CCCCCCCCC/C=C\C/C=C\CCCCCC. The molecule has 0 aliphatic carbocycles. The molecule has 0 aliphatic rings. The third kappa shape index (κ3) is 53.0. The van der Waals surface area contributed by atoms with E-state index in [-0.39, 0.29) is 37.5 Å². The average Bonchev–Trinajstić information content (AvgIpc) is 3.34. The smallest absolute Gasteiger partial charge is 0.306 e. The molecule has 6 nitrogen and oxygen atoms in total. The van der Waals surface area contributed by atoms with Crippen molar-refractivity contribution in [3.63, 3.8) is 0 Å². The van der Waals surface area contributed by atoms with Gasteiger partial charge < -0.3 is 14.2 Å². The number of unbranched alkanes of at least 4 members (excludes halogenated alkanes) is 20. The Hall–Kier alpha value is -3.93. The van der Waals surface area contributed by atoms with Gasteiger partial charge in [-0.3, -0.25) is 14.4 Å². The Morgan fingerprint density at radius 1 is 0.309 bits per heavy atom. The van der Waals surface area contributed by atoms with Crippen LogP contribution < -0.4 is 0 Å². The van der Waals surface area contributed by atoms with Gasteiger partial charge >= 0.3 is 17.9 Å². The lowest BCUT2D eigenvalue weighted by atomic mass is 10.1. The molecule has 0 saturated carbocycles. The van der Waals surface area contributed by atoms with Gasteiger partial charge in [-0.15, -0.1) is 0 Å². The maximum Gasteiger partial charge on any atom is 0.306 e. The summed E-state index contributed by atoms with van der Waals surface area (Å²) < 4.78 is 16.8. The summed E-state index contributed by atoms with van der Waals surface area (Å²) in [7, 11) is 0. The first-order valence-electron chi connectivity index (χ1n) is 27.9. The van der Waals surface area contributed by atoms with Gasteiger partial charge in [0.05, 0.1) is 0 Å². The number of carbonyl (C=O) groups excluding carboxylic acids is 3. The minimum atomic E-state index is -0.819. The number of allylic oxidation sites excluding steroid dienone is 18. The second kappa shape index (κ2) is 55.7. The van der Waals surface area contributed by atoms with Crippen molar-refractivity contribution in [2.45, 2.75) is 252 Å². The highest BCUT2D eigenvalue weighted by Gasteiger charge is 2.19. The molecule has 1 atom stereocenters. The topological polar surface area (TPSA) is 78.9 Å². The molecular weight excluding hydrogens is 841 g/mol. The fraction of sp³-hybridized carbons (Fsp3) is 0.661. The van der Waals surface area contributed by atoms with Crippen molar-refractivity contribution in [1.29, 1.82) is 0 Å². The van der Waals surface area contributed by atoms with E-state index in [4.69, 9.17) is 14.2 Å². The van der Waals surface area contributed by atoms with Gasteiger partial charge in [-0.05, 0) is 116 Å². The van der Waals surface area contributed by atoms with Crippen LogP contribution in [0.5, 0.6) is 0 Å². The molecule has 386 valence electrons. The summed E-state index contributed by atoms with van der Waals surface area (Å²) in [6, 6.07) is 0. The van der Waals surface area contributed by atoms with E-state index in [2.05, 4.69) is 118 Å². The maximum absolute atomic E-state index is 12.8. The van der Waals surface area contributed by atoms with Crippen molar-refractivity contribution >= 4 is 17.9 Å². The third-order valence-electron chi connectivity index (χ3n) is 11.5. The summed E-state index contributed by atoms with van der Waals surface area (Å²) in [4.78, 5) is 38.1. The Kier molecular flexibility index (Phi) is 52.4. The molecule has 0 bridgehead atoms.